The molecule has 0 bridgehead atoms. The molecular formula is C14H14ClFN4O. The Morgan fingerprint density at radius 2 is 2.10 bits per heavy atom. The molecule has 0 atom stereocenters. The van der Waals surface area contributed by atoms with Gasteiger partial charge in [-0.25, -0.2) is 14.4 Å². The van der Waals surface area contributed by atoms with E-state index in [1.54, 1.807) is 0 Å². The lowest BCUT2D eigenvalue weighted by Crippen LogP contribution is -2.14. The highest BCUT2D eigenvalue weighted by Crippen LogP contribution is 2.18. The van der Waals surface area contributed by atoms with E-state index < -0.39 is 11.7 Å². The minimum Gasteiger partial charge on any atom is -0.369 e. The van der Waals surface area contributed by atoms with Crippen molar-refractivity contribution in [3.63, 3.8) is 0 Å². The van der Waals surface area contributed by atoms with E-state index in [0.29, 0.717) is 5.82 Å². The van der Waals surface area contributed by atoms with Gasteiger partial charge in [0.15, 0.2) is 0 Å². The second-order valence-corrected chi connectivity index (χ2v) is 4.76. The van der Waals surface area contributed by atoms with Crippen molar-refractivity contribution in [3.05, 3.63) is 47.1 Å². The Kier molecular flexibility index (Phi) is 5.05. The molecule has 2 N–H and O–H groups in total. The van der Waals surface area contributed by atoms with Gasteiger partial charge in [0.2, 0.25) is 0 Å². The maximum atomic E-state index is 13.2. The molecular weight excluding hydrogens is 295 g/mol. The summed E-state index contributed by atoms with van der Waals surface area (Å²) in [7, 11) is 0. The van der Waals surface area contributed by atoms with Crippen molar-refractivity contribution in [2.75, 3.05) is 17.2 Å². The summed E-state index contributed by atoms with van der Waals surface area (Å²) in [6, 6.07) is 3.78. The van der Waals surface area contributed by atoms with Gasteiger partial charge < -0.3 is 10.6 Å². The second-order valence-electron chi connectivity index (χ2n) is 4.33. The van der Waals surface area contributed by atoms with Crippen LogP contribution in [0.4, 0.5) is 15.9 Å². The van der Waals surface area contributed by atoms with Gasteiger partial charge in [-0.15, -0.1) is 0 Å². The number of benzene rings is 1. The summed E-state index contributed by atoms with van der Waals surface area (Å²) in [5.74, 6) is -0.406. The molecule has 1 amide bonds. The molecule has 0 aliphatic heterocycles. The largest absolute Gasteiger partial charge is 0.369 e. The van der Waals surface area contributed by atoms with Crippen molar-refractivity contribution in [1.29, 1.82) is 0 Å². The molecule has 0 saturated carbocycles. The number of halogens is 2. The van der Waals surface area contributed by atoms with E-state index in [2.05, 4.69) is 20.6 Å². The topological polar surface area (TPSA) is 66.9 Å². The number of carbonyl (C=O) groups excluding carboxylic acids is 1. The molecule has 0 aliphatic carbocycles. The molecule has 0 fully saturated rings. The van der Waals surface area contributed by atoms with Crippen LogP contribution in [-0.2, 0) is 0 Å². The zero-order valence-electron chi connectivity index (χ0n) is 11.4. The van der Waals surface area contributed by atoms with Crippen LogP contribution in [0, 0.1) is 5.82 Å². The predicted molar refractivity (Wildman–Crippen MR) is 80.2 cm³/mol. The Labute approximate surface area is 126 Å². The minimum atomic E-state index is -0.525. The lowest BCUT2D eigenvalue weighted by Gasteiger charge is -2.06. The molecule has 1 heterocycles. The minimum absolute atomic E-state index is 0.137. The van der Waals surface area contributed by atoms with Crippen molar-refractivity contribution in [3.8, 4) is 0 Å². The molecule has 0 spiro atoms. The number of nitrogens with zero attached hydrogens (tertiary/aromatic N) is 2. The maximum absolute atomic E-state index is 13.2. The lowest BCUT2D eigenvalue weighted by atomic mass is 10.3. The molecule has 2 aromatic rings. The molecule has 7 heteroatoms. The van der Waals surface area contributed by atoms with Gasteiger partial charge in [0.1, 0.15) is 17.3 Å². The summed E-state index contributed by atoms with van der Waals surface area (Å²) >= 11 is 5.72. The van der Waals surface area contributed by atoms with Crippen LogP contribution in [0.1, 0.15) is 23.8 Å². The first kappa shape index (κ1) is 15.2. The highest BCUT2D eigenvalue weighted by atomic mass is 35.5. The van der Waals surface area contributed by atoms with Gasteiger partial charge in [-0.1, -0.05) is 18.5 Å². The van der Waals surface area contributed by atoms with Crippen LogP contribution in [0.15, 0.2) is 30.6 Å². The fourth-order valence-electron chi connectivity index (χ4n) is 1.61. The smallest absolute Gasteiger partial charge is 0.275 e. The molecule has 1 aromatic carbocycles. The number of anilines is 2. The van der Waals surface area contributed by atoms with E-state index in [0.717, 1.165) is 19.0 Å². The summed E-state index contributed by atoms with van der Waals surface area (Å²) in [6.07, 6.45) is 3.79. The van der Waals surface area contributed by atoms with Gasteiger partial charge in [-0.3, -0.25) is 4.79 Å². The summed E-state index contributed by atoms with van der Waals surface area (Å²) in [4.78, 5) is 20.1. The molecule has 1 aromatic heterocycles. The van der Waals surface area contributed by atoms with Crippen molar-refractivity contribution in [1.82, 2.24) is 9.97 Å². The van der Waals surface area contributed by atoms with Gasteiger partial charge in [-0.05, 0) is 24.6 Å². The van der Waals surface area contributed by atoms with E-state index >= 15 is 0 Å². The van der Waals surface area contributed by atoms with Gasteiger partial charge >= 0.3 is 0 Å². The summed E-state index contributed by atoms with van der Waals surface area (Å²) < 4.78 is 13.2. The van der Waals surface area contributed by atoms with Crippen LogP contribution in [0.3, 0.4) is 0 Å². The number of nitrogens with one attached hydrogen (secondary N) is 2. The fourth-order valence-corrected chi connectivity index (χ4v) is 1.83. The van der Waals surface area contributed by atoms with Crippen LogP contribution in [0.5, 0.6) is 0 Å². The molecule has 0 aliphatic rings. The average molecular weight is 309 g/mol. The zero-order valence-corrected chi connectivity index (χ0v) is 12.1. The summed E-state index contributed by atoms with van der Waals surface area (Å²) in [6.45, 7) is 2.81. The van der Waals surface area contributed by atoms with E-state index in [4.69, 9.17) is 11.6 Å². The predicted octanol–water partition coefficient (Wildman–Crippen LogP) is 3.34. The van der Waals surface area contributed by atoms with Crippen LogP contribution < -0.4 is 10.6 Å². The fraction of sp³-hybridized carbons (Fsp3) is 0.214. The number of carbonyl (C=O) groups is 1. The highest BCUT2D eigenvalue weighted by Gasteiger charge is 2.09. The number of rotatable bonds is 5. The quantitative estimate of drug-likeness (QED) is 0.889. The number of aromatic nitrogens is 2. The van der Waals surface area contributed by atoms with Crippen LogP contribution >= 0.6 is 11.6 Å². The van der Waals surface area contributed by atoms with Crippen LogP contribution in [-0.4, -0.2) is 22.4 Å². The summed E-state index contributed by atoms with van der Waals surface area (Å²) in [5, 5.41) is 5.77. The molecule has 21 heavy (non-hydrogen) atoms. The Morgan fingerprint density at radius 3 is 2.71 bits per heavy atom. The molecule has 0 radical (unpaired) electrons. The third kappa shape index (κ3) is 4.39. The maximum Gasteiger partial charge on any atom is 0.275 e. The van der Waals surface area contributed by atoms with Crippen molar-refractivity contribution < 1.29 is 9.18 Å². The van der Waals surface area contributed by atoms with Gasteiger partial charge in [0.05, 0.1) is 12.4 Å². The Hall–Kier alpha value is -2.21. The number of hydrogen-bond acceptors (Lipinski definition) is 4. The van der Waals surface area contributed by atoms with Crippen molar-refractivity contribution in [2.45, 2.75) is 13.3 Å². The first-order valence-electron chi connectivity index (χ1n) is 6.42. The number of hydrogen-bond donors (Lipinski definition) is 2. The molecule has 110 valence electrons. The SMILES string of the molecule is CCCNc1cnc(C(=O)Nc2cc(F)cc(Cl)c2)cn1. The van der Waals surface area contributed by atoms with E-state index in [9.17, 15) is 9.18 Å². The molecule has 2 rings (SSSR count). The first-order chi connectivity index (χ1) is 10.1. The van der Waals surface area contributed by atoms with Crippen LogP contribution in [0.2, 0.25) is 5.02 Å². The number of amides is 1. The van der Waals surface area contributed by atoms with Gasteiger partial charge in [-0.2, -0.15) is 0 Å². The van der Waals surface area contributed by atoms with Crippen molar-refractivity contribution in [2.24, 2.45) is 0 Å². The van der Waals surface area contributed by atoms with Crippen molar-refractivity contribution >= 4 is 29.0 Å². The normalized spacial score (nSPS) is 10.2. The summed E-state index contributed by atoms with van der Waals surface area (Å²) in [5.41, 5.74) is 0.400. The Morgan fingerprint density at radius 1 is 1.29 bits per heavy atom. The van der Waals surface area contributed by atoms with Crippen LogP contribution in [0.25, 0.3) is 0 Å². The lowest BCUT2D eigenvalue weighted by molar-refractivity contribution is 0.102. The monoisotopic (exact) mass is 308 g/mol. The van der Waals surface area contributed by atoms with Gasteiger partial charge in [0, 0.05) is 17.3 Å². The van der Waals surface area contributed by atoms with E-state index in [1.165, 1.54) is 24.5 Å². The zero-order chi connectivity index (χ0) is 15.2. The van der Waals surface area contributed by atoms with E-state index in [-0.39, 0.29) is 16.4 Å². The third-order valence-corrected chi connectivity index (χ3v) is 2.78. The molecule has 0 unspecified atom stereocenters. The Bertz CT molecular complexity index is 613. The second kappa shape index (κ2) is 6.99. The standard InChI is InChI=1S/C14H14ClFN4O/c1-2-3-17-13-8-18-12(7-19-13)14(21)20-11-5-9(15)4-10(16)6-11/h4-8H,2-3H2,1H3,(H,17,19)(H,20,21). The van der Waals surface area contributed by atoms with Gasteiger partial charge in [0.25, 0.3) is 5.91 Å². The molecule has 5 nitrogen and oxygen atoms in total. The molecule has 0 saturated heterocycles. The third-order valence-electron chi connectivity index (χ3n) is 2.56. The highest BCUT2D eigenvalue weighted by molar-refractivity contribution is 6.31. The Balaban J connectivity index is 2.06. The first-order valence-corrected chi connectivity index (χ1v) is 6.79. The van der Waals surface area contributed by atoms with E-state index in [1.807, 2.05) is 6.92 Å². The average Bonchev–Trinajstić information content (AvgIpc) is 2.44.